The zero-order chi connectivity index (χ0) is 19.2. The van der Waals surface area contributed by atoms with Crippen LogP contribution < -0.4 is 10.7 Å². The number of aromatic nitrogens is 1. The molecular formula is C21H21ClN4S. The van der Waals surface area contributed by atoms with Gasteiger partial charge in [0.15, 0.2) is 5.11 Å². The van der Waals surface area contributed by atoms with Crippen molar-refractivity contribution >= 4 is 40.8 Å². The number of thiocarbonyl (C=S) groups is 1. The molecule has 0 aliphatic heterocycles. The van der Waals surface area contributed by atoms with E-state index in [0.29, 0.717) is 10.1 Å². The molecule has 0 radical (unpaired) electrons. The summed E-state index contributed by atoms with van der Waals surface area (Å²) in [7, 11) is 0. The Morgan fingerprint density at radius 1 is 1.15 bits per heavy atom. The first kappa shape index (κ1) is 19.1. The summed E-state index contributed by atoms with van der Waals surface area (Å²) in [5, 5.41) is 8.46. The molecule has 27 heavy (non-hydrogen) atoms. The van der Waals surface area contributed by atoms with Gasteiger partial charge in [0.25, 0.3) is 0 Å². The molecule has 0 aliphatic rings. The Morgan fingerprint density at radius 3 is 2.78 bits per heavy atom. The minimum Gasteiger partial charge on any atom is -0.342 e. The van der Waals surface area contributed by atoms with E-state index in [1.54, 1.807) is 6.21 Å². The summed E-state index contributed by atoms with van der Waals surface area (Å²) in [6.07, 6.45) is 3.80. The van der Waals surface area contributed by atoms with Gasteiger partial charge in [-0.3, -0.25) is 5.43 Å². The zero-order valence-corrected chi connectivity index (χ0v) is 16.8. The summed E-state index contributed by atoms with van der Waals surface area (Å²) in [4.78, 5) is 0. The van der Waals surface area contributed by atoms with Crippen LogP contribution in [0.3, 0.4) is 0 Å². The Labute approximate surface area is 169 Å². The van der Waals surface area contributed by atoms with Gasteiger partial charge >= 0.3 is 0 Å². The number of hydrogen-bond donors (Lipinski definition) is 2. The molecule has 3 rings (SSSR count). The lowest BCUT2D eigenvalue weighted by Gasteiger charge is -2.11. The van der Waals surface area contributed by atoms with Gasteiger partial charge in [-0.25, -0.2) is 0 Å². The van der Waals surface area contributed by atoms with Crippen molar-refractivity contribution < 1.29 is 0 Å². The molecule has 0 fully saturated rings. The third kappa shape index (κ3) is 5.18. The molecule has 138 valence electrons. The predicted molar refractivity (Wildman–Crippen MR) is 118 cm³/mol. The first-order valence-corrected chi connectivity index (χ1v) is 9.37. The molecular weight excluding hydrogens is 376 g/mol. The average molecular weight is 397 g/mol. The van der Waals surface area contributed by atoms with Gasteiger partial charge in [-0.05, 0) is 61.5 Å². The van der Waals surface area contributed by atoms with Crippen LogP contribution in [-0.4, -0.2) is 15.9 Å². The van der Waals surface area contributed by atoms with E-state index in [1.165, 1.54) is 11.1 Å². The molecule has 0 spiro atoms. The van der Waals surface area contributed by atoms with Gasteiger partial charge < -0.3 is 9.88 Å². The summed E-state index contributed by atoms with van der Waals surface area (Å²) < 4.78 is 2.14. The highest BCUT2D eigenvalue weighted by Crippen LogP contribution is 2.22. The van der Waals surface area contributed by atoms with E-state index in [0.717, 1.165) is 23.5 Å². The van der Waals surface area contributed by atoms with Gasteiger partial charge in [-0.2, -0.15) is 5.10 Å². The second-order valence-corrected chi connectivity index (χ2v) is 7.10. The first-order chi connectivity index (χ1) is 13.0. The number of nitrogens with one attached hydrogen (secondary N) is 2. The Hall–Kier alpha value is -2.63. The first-order valence-electron chi connectivity index (χ1n) is 8.59. The topological polar surface area (TPSA) is 41.4 Å². The van der Waals surface area contributed by atoms with Crippen molar-refractivity contribution in [2.75, 3.05) is 5.32 Å². The summed E-state index contributed by atoms with van der Waals surface area (Å²) in [5.41, 5.74) is 8.15. The minimum atomic E-state index is 0.411. The van der Waals surface area contributed by atoms with E-state index in [1.807, 2.05) is 43.5 Å². The third-order valence-corrected chi connectivity index (χ3v) is 4.78. The van der Waals surface area contributed by atoms with Gasteiger partial charge in [-0.15, -0.1) is 0 Å². The van der Waals surface area contributed by atoms with Crippen LogP contribution in [0.1, 0.15) is 22.4 Å². The largest absolute Gasteiger partial charge is 0.342 e. The van der Waals surface area contributed by atoms with Crippen molar-refractivity contribution in [2.24, 2.45) is 5.10 Å². The van der Waals surface area contributed by atoms with E-state index in [9.17, 15) is 0 Å². The number of anilines is 1. The maximum Gasteiger partial charge on any atom is 0.191 e. The molecule has 0 atom stereocenters. The summed E-state index contributed by atoms with van der Waals surface area (Å²) in [6, 6.07) is 18.1. The molecule has 3 aromatic rings. The molecule has 1 aromatic heterocycles. The van der Waals surface area contributed by atoms with Crippen LogP contribution in [0, 0.1) is 13.8 Å². The summed E-state index contributed by atoms with van der Waals surface area (Å²) >= 11 is 11.4. The van der Waals surface area contributed by atoms with Crippen molar-refractivity contribution in [3.05, 3.63) is 88.2 Å². The monoisotopic (exact) mass is 396 g/mol. The number of nitrogens with zero attached hydrogens (tertiary/aromatic N) is 2. The molecule has 0 bridgehead atoms. The van der Waals surface area contributed by atoms with Crippen LogP contribution in [0.4, 0.5) is 5.69 Å². The average Bonchev–Trinajstić information content (AvgIpc) is 3.06. The van der Waals surface area contributed by atoms with Crippen LogP contribution in [0.2, 0.25) is 5.02 Å². The van der Waals surface area contributed by atoms with E-state index >= 15 is 0 Å². The lowest BCUT2D eigenvalue weighted by molar-refractivity contribution is 0.798. The molecule has 2 aromatic carbocycles. The molecule has 1 heterocycles. The Balaban J connectivity index is 1.61. The number of hydrogen-bond acceptors (Lipinski definition) is 2. The number of halogens is 1. The Morgan fingerprint density at radius 2 is 1.96 bits per heavy atom. The van der Waals surface area contributed by atoms with Crippen LogP contribution in [0.25, 0.3) is 0 Å². The highest BCUT2D eigenvalue weighted by atomic mass is 35.5. The van der Waals surface area contributed by atoms with Crippen molar-refractivity contribution in [1.29, 1.82) is 0 Å². The van der Waals surface area contributed by atoms with Crippen LogP contribution in [-0.2, 0) is 6.54 Å². The van der Waals surface area contributed by atoms with Crippen molar-refractivity contribution in [3.63, 3.8) is 0 Å². The smallest absolute Gasteiger partial charge is 0.191 e. The molecule has 0 unspecified atom stereocenters. The SMILES string of the molecule is Cc1cccc(Cn2cccc2/C=N\NC(=S)Nc2cccc(Cl)c2C)c1. The fourth-order valence-electron chi connectivity index (χ4n) is 2.75. The van der Waals surface area contributed by atoms with Gasteiger partial charge in [0.05, 0.1) is 11.9 Å². The molecule has 4 nitrogen and oxygen atoms in total. The third-order valence-electron chi connectivity index (χ3n) is 4.18. The van der Waals surface area contributed by atoms with Gasteiger partial charge in [-0.1, -0.05) is 47.5 Å². The Kier molecular flexibility index (Phi) is 6.27. The molecule has 0 aliphatic carbocycles. The minimum absolute atomic E-state index is 0.411. The second kappa shape index (κ2) is 8.84. The van der Waals surface area contributed by atoms with Crippen molar-refractivity contribution in [1.82, 2.24) is 9.99 Å². The molecule has 2 N–H and O–H groups in total. The van der Waals surface area contributed by atoms with Crippen molar-refractivity contribution in [2.45, 2.75) is 20.4 Å². The standard InChI is InChI=1S/C21H21ClN4S/c1-15-6-3-7-17(12-15)14-26-11-5-8-18(26)13-23-25-21(27)24-20-10-4-9-19(22)16(20)2/h3-13H,14H2,1-2H3,(H2,24,25,27)/b23-13-. The summed E-state index contributed by atoms with van der Waals surface area (Å²) in [5.74, 6) is 0. The van der Waals surface area contributed by atoms with E-state index in [-0.39, 0.29) is 0 Å². The molecule has 0 saturated carbocycles. The van der Waals surface area contributed by atoms with Crippen molar-refractivity contribution in [3.8, 4) is 0 Å². The lowest BCUT2D eigenvalue weighted by atomic mass is 10.1. The van der Waals surface area contributed by atoms with Crippen LogP contribution in [0.5, 0.6) is 0 Å². The normalized spacial score (nSPS) is 10.9. The van der Waals surface area contributed by atoms with Crippen LogP contribution >= 0.6 is 23.8 Å². The van der Waals surface area contributed by atoms with Crippen LogP contribution in [0.15, 0.2) is 65.9 Å². The van der Waals surface area contributed by atoms with Gasteiger partial charge in [0, 0.05) is 23.5 Å². The number of hydrazone groups is 1. The predicted octanol–water partition coefficient (Wildman–Crippen LogP) is 5.13. The number of rotatable bonds is 5. The summed E-state index contributed by atoms with van der Waals surface area (Å²) in [6.45, 7) is 4.83. The fourth-order valence-corrected chi connectivity index (χ4v) is 3.08. The number of aryl methyl sites for hydroxylation is 1. The Bertz CT molecular complexity index is 978. The maximum absolute atomic E-state index is 6.13. The van der Waals surface area contributed by atoms with Gasteiger partial charge in [0.2, 0.25) is 0 Å². The van der Waals surface area contributed by atoms with E-state index in [4.69, 9.17) is 23.8 Å². The molecule has 6 heteroatoms. The highest BCUT2D eigenvalue weighted by Gasteiger charge is 2.04. The van der Waals surface area contributed by atoms with E-state index in [2.05, 4.69) is 51.6 Å². The zero-order valence-electron chi connectivity index (χ0n) is 15.2. The molecule has 0 amide bonds. The second-order valence-electron chi connectivity index (χ2n) is 6.29. The maximum atomic E-state index is 6.13. The molecule has 0 saturated heterocycles. The van der Waals surface area contributed by atoms with Gasteiger partial charge in [0.1, 0.15) is 0 Å². The quantitative estimate of drug-likeness (QED) is 0.357. The lowest BCUT2D eigenvalue weighted by Crippen LogP contribution is -2.24. The van der Waals surface area contributed by atoms with E-state index < -0.39 is 0 Å². The fraction of sp³-hybridized carbons (Fsp3) is 0.143. The number of benzene rings is 2. The highest BCUT2D eigenvalue weighted by molar-refractivity contribution is 7.80.